The molecular weight excluding hydrogens is 250 g/mol. The minimum Gasteiger partial charge on any atom is -0.465 e. The van der Waals surface area contributed by atoms with Gasteiger partial charge in [-0.15, -0.1) is 11.3 Å². The lowest BCUT2D eigenvalue weighted by Crippen LogP contribution is -2.07. The van der Waals surface area contributed by atoms with E-state index in [0.717, 1.165) is 21.1 Å². The number of aliphatic hydroxyl groups excluding tert-OH is 1. The summed E-state index contributed by atoms with van der Waals surface area (Å²) in [5, 5.41) is 13.2. The smallest absolute Gasteiger partial charge is 0.341 e. The SMILES string of the molecule is COC(=O)c1c(N/C(C)=C/C(C)O)sc(C)c1C. The molecule has 0 aliphatic heterocycles. The number of aliphatic hydroxyl groups is 1. The molecule has 1 heterocycles. The zero-order valence-electron chi connectivity index (χ0n) is 11.3. The molecule has 0 fully saturated rings. The van der Waals surface area contributed by atoms with Crippen LogP contribution in [0.15, 0.2) is 11.8 Å². The summed E-state index contributed by atoms with van der Waals surface area (Å²) in [7, 11) is 1.37. The number of ether oxygens (including phenoxy) is 1. The third-order valence-corrected chi connectivity index (χ3v) is 3.70. The van der Waals surface area contributed by atoms with Crippen LogP contribution in [0.2, 0.25) is 0 Å². The van der Waals surface area contributed by atoms with Crippen molar-refractivity contribution in [3.8, 4) is 0 Å². The van der Waals surface area contributed by atoms with Crippen molar-refractivity contribution >= 4 is 22.3 Å². The van der Waals surface area contributed by atoms with Gasteiger partial charge in [0.2, 0.25) is 0 Å². The predicted molar refractivity (Wildman–Crippen MR) is 74.2 cm³/mol. The highest BCUT2D eigenvalue weighted by Gasteiger charge is 2.20. The van der Waals surface area contributed by atoms with Crippen LogP contribution in [0.5, 0.6) is 0 Å². The Labute approximate surface area is 111 Å². The standard InChI is InChI=1S/C13H19NO3S/c1-7(6-8(2)15)14-12-11(13(16)17-5)9(3)10(4)18-12/h6,8,14-15H,1-5H3/b7-6+. The number of aryl methyl sites for hydroxylation is 1. The second-order valence-corrected chi connectivity index (χ2v) is 5.42. The molecule has 0 spiro atoms. The Morgan fingerprint density at radius 3 is 2.61 bits per heavy atom. The predicted octanol–water partition coefficient (Wildman–Crippen LogP) is 2.85. The van der Waals surface area contributed by atoms with E-state index in [1.54, 1.807) is 13.0 Å². The number of hydrogen-bond donors (Lipinski definition) is 2. The molecule has 1 unspecified atom stereocenters. The van der Waals surface area contributed by atoms with Crippen LogP contribution in [0, 0.1) is 13.8 Å². The van der Waals surface area contributed by atoms with Gasteiger partial charge in [0.25, 0.3) is 0 Å². The largest absolute Gasteiger partial charge is 0.465 e. The summed E-state index contributed by atoms with van der Waals surface area (Å²) in [6.07, 6.45) is 1.16. The van der Waals surface area contributed by atoms with Crippen LogP contribution in [0.1, 0.15) is 34.6 Å². The third-order valence-electron chi connectivity index (χ3n) is 2.58. The van der Waals surface area contributed by atoms with Gasteiger partial charge in [-0.1, -0.05) is 0 Å². The first kappa shape index (κ1) is 14.7. The Morgan fingerprint density at radius 1 is 1.50 bits per heavy atom. The molecule has 1 rings (SSSR count). The number of nitrogens with one attached hydrogen (secondary N) is 1. The van der Waals surface area contributed by atoms with Gasteiger partial charge in [0.1, 0.15) is 5.00 Å². The Balaban J connectivity index is 3.10. The molecule has 1 atom stereocenters. The minimum atomic E-state index is -0.527. The van der Waals surface area contributed by atoms with Crippen LogP contribution < -0.4 is 5.32 Å². The van der Waals surface area contributed by atoms with Crippen molar-refractivity contribution in [1.82, 2.24) is 0 Å². The number of anilines is 1. The first-order valence-electron chi connectivity index (χ1n) is 5.68. The lowest BCUT2D eigenvalue weighted by molar-refractivity contribution is 0.0601. The van der Waals surface area contributed by atoms with Crippen LogP contribution in [0.3, 0.4) is 0 Å². The molecule has 0 radical (unpaired) electrons. The van der Waals surface area contributed by atoms with Gasteiger partial charge in [0.05, 0.1) is 18.8 Å². The van der Waals surface area contributed by atoms with E-state index < -0.39 is 6.10 Å². The van der Waals surface area contributed by atoms with Gasteiger partial charge in [-0.05, 0) is 39.3 Å². The summed E-state index contributed by atoms with van der Waals surface area (Å²) in [6, 6.07) is 0. The maximum absolute atomic E-state index is 11.7. The van der Waals surface area contributed by atoms with E-state index in [1.165, 1.54) is 18.4 Å². The number of hydrogen-bond acceptors (Lipinski definition) is 5. The van der Waals surface area contributed by atoms with Crippen LogP contribution in [-0.2, 0) is 4.74 Å². The van der Waals surface area contributed by atoms with E-state index in [4.69, 9.17) is 4.74 Å². The number of carbonyl (C=O) groups is 1. The van der Waals surface area contributed by atoms with Crippen molar-refractivity contribution in [2.45, 2.75) is 33.8 Å². The zero-order valence-corrected chi connectivity index (χ0v) is 12.1. The highest BCUT2D eigenvalue weighted by Crippen LogP contribution is 2.33. The average Bonchev–Trinajstić information content (AvgIpc) is 2.52. The number of allylic oxidation sites excluding steroid dienone is 1. The molecule has 100 valence electrons. The van der Waals surface area contributed by atoms with E-state index in [9.17, 15) is 9.90 Å². The topological polar surface area (TPSA) is 58.6 Å². The molecule has 1 aromatic rings. The Kier molecular flexibility index (Phi) is 4.93. The highest BCUT2D eigenvalue weighted by atomic mass is 32.1. The molecule has 0 amide bonds. The molecule has 0 aromatic carbocycles. The second kappa shape index (κ2) is 6.02. The van der Waals surface area contributed by atoms with Crippen molar-refractivity contribution in [2.24, 2.45) is 0 Å². The van der Waals surface area contributed by atoms with Crippen LogP contribution in [0.4, 0.5) is 5.00 Å². The molecule has 0 aliphatic rings. The summed E-state index contributed by atoms with van der Waals surface area (Å²) in [6.45, 7) is 7.39. The van der Waals surface area contributed by atoms with Crippen molar-refractivity contribution in [1.29, 1.82) is 0 Å². The first-order chi connectivity index (χ1) is 8.36. The normalized spacial score (nSPS) is 13.3. The van der Waals surface area contributed by atoms with Crippen molar-refractivity contribution in [3.63, 3.8) is 0 Å². The lowest BCUT2D eigenvalue weighted by Gasteiger charge is -2.08. The summed E-state index contributed by atoms with van der Waals surface area (Å²) >= 11 is 1.51. The van der Waals surface area contributed by atoms with Crippen molar-refractivity contribution < 1.29 is 14.6 Å². The van der Waals surface area contributed by atoms with E-state index in [-0.39, 0.29) is 5.97 Å². The van der Waals surface area contributed by atoms with Crippen LogP contribution >= 0.6 is 11.3 Å². The van der Waals surface area contributed by atoms with Gasteiger partial charge in [-0.25, -0.2) is 4.79 Å². The summed E-state index contributed by atoms with van der Waals surface area (Å²) < 4.78 is 4.79. The van der Waals surface area contributed by atoms with Gasteiger partial charge < -0.3 is 15.2 Å². The van der Waals surface area contributed by atoms with Crippen molar-refractivity contribution in [3.05, 3.63) is 27.8 Å². The van der Waals surface area contributed by atoms with E-state index >= 15 is 0 Å². The Hall–Kier alpha value is -1.33. The second-order valence-electron chi connectivity index (χ2n) is 4.19. The van der Waals surface area contributed by atoms with Gasteiger partial charge in [0, 0.05) is 10.6 Å². The van der Waals surface area contributed by atoms with Crippen LogP contribution in [0.25, 0.3) is 0 Å². The lowest BCUT2D eigenvalue weighted by atomic mass is 10.1. The number of carbonyl (C=O) groups excluding carboxylic acids is 1. The maximum Gasteiger partial charge on any atom is 0.341 e. The monoisotopic (exact) mass is 269 g/mol. The summed E-state index contributed by atoms with van der Waals surface area (Å²) in [5.74, 6) is -0.343. The Morgan fingerprint density at radius 2 is 2.11 bits per heavy atom. The van der Waals surface area contributed by atoms with Crippen molar-refractivity contribution in [2.75, 3.05) is 12.4 Å². The number of thiophene rings is 1. The van der Waals surface area contributed by atoms with Gasteiger partial charge in [0.15, 0.2) is 0 Å². The minimum absolute atomic E-state index is 0.343. The van der Waals surface area contributed by atoms with Gasteiger partial charge in [-0.3, -0.25) is 0 Å². The van der Waals surface area contributed by atoms with Gasteiger partial charge in [-0.2, -0.15) is 0 Å². The molecule has 2 N–H and O–H groups in total. The molecule has 4 nitrogen and oxygen atoms in total. The van der Waals surface area contributed by atoms with Gasteiger partial charge >= 0.3 is 5.97 Å². The molecular formula is C13H19NO3S. The average molecular weight is 269 g/mol. The van der Waals surface area contributed by atoms with E-state index in [2.05, 4.69) is 5.32 Å². The maximum atomic E-state index is 11.7. The number of rotatable bonds is 4. The summed E-state index contributed by atoms with van der Waals surface area (Å²) in [5.41, 5.74) is 2.30. The summed E-state index contributed by atoms with van der Waals surface area (Å²) in [4.78, 5) is 12.8. The molecule has 0 aliphatic carbocycles. The molecule has 0 saturated heterocycles. The van der Waals surface area contributed by atoms with Crippen LogP contribution in [-0.4, -0.2) is 24.3 Å². The van der Waals surface area contributed by atoms with E-state index in [0.29, 0.717) is 5.56 Å². The molecule has 0 bridgehead atoms. The molecule has 1 aromatic heterocycles. The highest BCUT2D eigenvalue weighted by molar-refractivity contribution is 7.16. The Bertz CT molecular complexity index is 475. The van der Waals surface area contributed by atoms with E-state index in [1.807, 2.05) is 20.8 Å². The fourth-order valence-corrected chi connectivity index (χ4v) is 2.76. The fourth-order valence-electron chi connectivity index (χ4n) is 1.65. The molecule has 5 heteroatoms. The fraction of sp³-hybridized carbons (Fsp3) is 0.462. The number of methoxy groups -OCH3 is 1. The molecule has 18 heavy (non-hydrogen) atoms. The zero-order chi connectivity index (χ0) is 13.9. The number of esters is 1. The quantitative estimate of drug-likeness (QED) is 0.825. The first-order valence-corrected chi connectivity index (χ1v) is 6.50. The molecule has 0 saturated carbocycles. The third kappa shape index (κ3) is 3.34.